The number of hydrogen-bond donors (Lipinski definition) is 0. The summed E-state index contributed by atoms with van der Waals surface area (Å²) < 4.78 is 3.60. The third kappa shape index (κ3) is 3.59. The molecule has 0 amide bonds. The largest absolute Gasteiger partial charge is 0.228 e. The van der Waals surface area contributed by atoms with Crippen LogP contribution in [0.2, 0.25) is 0 Å². The van der Waals surface area contributed by atoms with Crippen LogP contribution in [-0.2, 0) is 0 Å². The van der Waals surface area contributed by atoms with Gasteiger partial charge in [-0.25, -0.2) is 9.97 Å². The van der Waals surface area contributed by atoms with Crippen LogP contribution in [0.4, 0.5) is 0 Å². The highest BCUT2D eigenvalue weighted by atomic mass is 127. The van der Waals surface area contributed by atoms with E-state index in [1.807, 2.05) is 47.7 Å². The molecule has 0 unspecified atom stereocenters. The molecule has 0 atom stereocenters. The number of hydrogen-bond acceptors (Lipinski definition) is 3. The van der Waals surface area contributed by atoms with E-state index in [1.165, 1.54) is 31.3 Å². The van der Waals surface area contributed by atoms with E-state index in [0.29, 0.717) is 0 Å². The zero-order chi connectivity index (χ0) is 21.5. The summed E-state index contributed by atoms with van der Waals surface area (Å²) in [4.78, 5) is 9.45. The topological polar surface area (TPSA) is 25.8 Å². The fraction of sp³-hybridized carbons (Fsp3) is 0. The molecular formula is C28H17IN2S. The van der Waals surface area contributed by atoms with Crippen molar-refractivity contribution in [3.05, 3.63) is 107 Å². The van der Waals surface area contributed by atoms with Gasteiger partial charge in [0.1, 0.15) is 3.70 Å². The van der Waals surface area contributed by atoms with E-state index in [-0.39, 0.29) is 0 Å². The van der Waals surface area contributed by atoms with Crippen LogP contribution < -0.4 is 0 Å². The molecule has 6 aromatic rings. The Bertz CT molecular complexity index is 1570. The van der Waals surface area contributed by atoms with Crippen molar-refractivity contribution in [3.63, 3.8) is 0 Å². The molecule has 32 heavy (non-hydrogen) atoms. The van der Waals surface area contributed by atoms with Crippen LogP contribution in [0.25, 0.3) is 53.9 Å². The molecule has 0 aliphatic carbocycles. The number of aromatic nitrogens is 2. The second kappa shape index (κ2) is 8.11. The molecule has 0 saturated heterocycles. The van der Waals surface area contributed by atoms with Crippen LogP contribution in [0.5, 0.6) is 0 Å². The molecule has 152 valence electrons. The molecule has 4 aromatic carbocycles. The van der Waals surface area contributed by atoms with Crippen LogP contribution in [0.15, 0.2) is 103 Å². The van der Waals surface area contributed by atoms with Gasteiger partial charge in [-0.1, -0.05) is 84.9 Å². The maximum atomic E-state index is 4.83. The Morgan fingerprint density at radius 2 is 1.22 bits per heavy atom. The highest BCUT2D eigenvalue weighted by molar-refractivity contribution is 14.1. The molecule has 0 bridgehead atoms. The fourth-order valence-electron chi connectivity index (χ4n) is 4.02. The molecule has 2 aromatic heterocycles. The van der Waals surface area contributed by atoms with Gasteiger partial charge in [-0.05, 0) is 51.9 Å². The van der Waals surface area contributed by atoms with Crippen molar-refractivity contribution in [2.75, 3.05) is 0 Å². The molecule has 0 radical (unpaired) electrons. The van der Waals surface area contributed by atoms with Gasteiger partial charge in [0.15, 0.2) is 5.82 Å². The summed E-state index contributed by atoms with van der Waals surface area (Å²) in [7, 11) is 0. The van der Waals surface area contributed by atoms with Gasteiger partial charge in [-0.3, -0.25) is 0 Å². The average molecular weight is 540 g/mol. The summed E-state index contributed by atoms with van der Waals surface area (Å²) in [5.41, 5.74) is 5.50. The molecular weight excluding hydrogens is 523 g/mol. The molecule has 4 heteroatoms. The predicted octanol–water partition coefficient (Wildman–Crippen LogP) is 8.45. The third-order valence-electron chi connectivity index (χ3n) is 5.62. The van der Waals surface area contributed by atoms with Gasteiger partial charge in [-0.15, -0.1) is 11.3 Å². The van der Waals surface area contributed by atoms with Crippen molar-refractivity contribution < 1.29 is 0 Å². The number of rotatable bonds is 3. The van der Waals surface area contributed by atoms with Crippen molar-refractivity contribution in [3.8, 4) is 33.8 Å². The quantitative estimate of drug-likeness (QED) is 0.166. The second-order valence-corrected chi connectivity index (χ2v) is 9.84. The molecule has 0 aliphatic rings. The van der Waals surface area contributed by atoms with Gasteiger partial charge in [0, 0.05) is 31.3 Å². The van der Waals surface area contributed by atoms with Crippen LogP contribution >= 0.6 is 33.9 Å². The number of benzene rings is 4. The molecule has 6 rings (SSSR count). The minimum absolute atomic E-state index is 0.756. The van der Waals surface area contributed by atoms with E-state index in [1.54, 1.807) is 0 Å². The van der Waals surface area contributed by atoms with Crippen LogP contribution in [0.3, 0.4) is 0 Å². The van der Waals surface area contributed by atoms with Gasteiger partial charge in [0.05, 0.1) is 5.69 Å². The lowest BCUT2D eigenvalue weighted by Crippen LogP contribution is -1.95. The summed E-state index contributed by atoms with van der Waals surface area (Å²) in [6.45, 7) is 0. The Balaban J connectivity index is 1.36. The number of thiophene rings is 1. The lowest BCUT2D eigenvalue weighted by Gasteiger charge is -2.08. The van der Waals surface area contributed by atoms with E-state index >= 15 is 0 Å². The lowest BCUT2D eigenvalue weighted by molar-refractivity contribution is 1.15. The van der Waals surface area contributed by atoms with E-state index in [9.17, 15) is 0 Å². The number of nitrogens with zero attached hydrogens (tertiary/aromatic N) is 2. The highest BCUT2D eigenvalue weighted by Gasteiger charge is 2.09. The summed E-state index contributed by atoms with van der Waals surface area (Å²) >= 11 is 4.12. The number of fused-ring (bicyclic) bond motifs is 3. The monoisotopic (exact) mass is 540 g/mol. The molecule has 2 heterocycles. The zero-order valence-electron chi connectivity index (χ0n) is 17.0. The van der Waals surface area contributed by atoms with E-state index in [2.05, 4.69) is 94.3 Å². The van der Waals surface area contributed by atoms with Gasteiger partial charge in [-0.2, -0.15) is 0 Å². The van der Waals surface area contributed by atoms with Gasteiger partial charge in [0.2, 0.25) is 0 Å². The first kappa shape index (κ1) is 19.6. The van der Waals surface area contributed by atoms with Crippen molar-refractivity contribution >= 4 is 54.1 Å². The van der Waals surface area contributed by atoms with E-state index < -0.39 is 0 Å². The Hall–Kier alpha value is -3.09. The highest BCUT2D eigenvalue weighted by Crippen LogP contribution is 2.36. The first-order chi connectivity index (χ1) is 15.7. The smallest absolute Gasteiger partial charge is 0.160 e. The van der Waals surface area contributed by atoms with Gasteiger partial charge >= 0.3 is 0 Å². The molecule has 2 nitrogen and oxygen atoms in total. The Morgan fingerprint density at radius 3 is 2.06 bits per heavy atom. The predicted molar refractivity (Wildman–Crippen MR) is 144 cm³/mol. The first-order valence-corrected chi connectivity index (χ1v) is 12.3. The zero-order valence-corrected chi connectivity index (χ0v) is 20.0. The van der Waals surface area contributed by atoms with Crippen molar-refractivity contribution in [2.45, 2.75) is 0 Å². The normalized spacial score (nSPS) is 11.3. The Kier molecular flexibility index (Phi) is 4.97. The molecule has 0 saturated carbocycles. The molecule has 0 N–H and O–H groups in total. The first-order valence-electron chi connectivity index (χ1n) is 10.4. The molecule has 0 spiro atoms. The third-order valence-corrected chi connectivity index (χ3v) is 7.31. The van der Waals surface area contributed by atoms with Crippen LogP contribution in [-0.4, -0.2) is 9.97 Å². The fourth-order valence-corrected chi connectivity index (χ4v) is 5.69. The molecule has 0 aliphatic heterocycles. The standard InChI is InChI=1S/C28H17IN2S/c29-27-17-24(30-28(31-27)20-6-2-1-3-7-20)19-12-10-18(11-13-19)21-14-15-23-22-8-4-5-9-25(22)32-26(23)16-21/h1-17H. The average Bonchev–Trinajstić information content (AvgIpc) is 3.22. The van der Waals surface area contributed by atoms with Crippen molar-refractivity contribution in [2.24, 2.45) is 0 Å². The van der Waals surface area contributed by atoms with Crippen molar-refractivity contribution in [1.29, 1.82) is 0 Å². The second-order valence-electron chi connectivity index (χ2n) is 7.65. The van der Waals surface area contributed by atoms with Gasteiger partial charge in [0.25, 0.3) is 0 Å². The SMILES string of the molecule is Ic1cc(-c2ccc(-c3ccc4c(c3)sc3ccccc34)cc2)nc(-c2ccccc2)n1. The van der Waals surface area contributed by atoms with Crippen LogP contribution in [0.1, 0.15) is 0 Å². The summed E-state index contributed by atoms with van der Waals surface area (Å²) in [6, 6.07) is 36.2. The Labute approximate surface area is 203 Å². The minimum Gasteiger partial charge on any atom is -0.228 e. The van der Waals surface area contributed by atoms with Crippen molar-refractivity contribution in [1.82, 2.24) is 9.97 Å². The summed E-state index contributed by atoms with van der Waals surface area (Å²) in [5.74, 6) is 0.756. The van der Waals surface area contributed by atoms with Crippen LogP contribution in [0, 0.1) is 3.70 Å². The number of halogens is 1. The summed E-state index contributed by atoms with van der Waals surface area (Å²) in [5, 5.41) is 2.66. The van der Waals surface area contributed by atoms with Gasteiger partial charge < -0.3 is 0 Å². The lowest BCUT2D eigenvalue weighted by atomic mass is 10.0. The Morgan fingerprint density at radius 1 is 0.531 bits per heavy atom. The van der Waals surface area contributed by atoms with E-state index in [0.717, 1.165) is 26.3 Å². The van der Waals surface area contributed by atoms with E-state index in [4.69, 9.17) is 4.98 Å². The summed E-state index contributed by atoms with van der Waals surface area (Å²) in [6.07, 6.45) is 0. The maximum Gasteiger partial charge on any atom is 0.160 e. The molecule has 0 fully saturated rings. The minimum atomic E-state index is 0.756. The maximum absolute atomic E-state index is 4.83.